The van der Waals surface area contributed by atoms with Gasteiger partial charge in [-0.05, 0) is 41.8 Å². The predicted molar refractivity (Wildman–Crippen MR) is 86.0 cm³/mol. The number of carbonyl (C=O) groups excluding carboxylic acids is 1. The Bertz CT molecular complexity index is 603. The first-order valence-corrected chi connectivity index (χ1v) is 7.31. The van der Waals surface area contributed by atoms with Crippen LogP contribution >= 0.6 is 11.6 Å². The topological polar surface area (TPSA) is 26.3 Å². The van der Waals surface area contributed by atoms with Gasteiger partial charge in [-0.1, -0.05) is 56.3 Å². The van der Waals surface area contributed by atoms with E-state index >= 15 is 0 Å². The van der Waals surface area contributed by atoms with Crippen molar-refractivity contribution in [1.82, 2.24) is 0 Å². The van der Waals surface area contributed by atoms with Gasteiger partial charge in [-0.15, -0.1) is 0 Å². The Hall–Kier alpha value is -1.80. The van der Waals surface area contributed by atoms with Crippen molar-refractivity contribution >= 4 is 16.8 Å². The zero-order valence-electron chi connectivity index (χ0n) is 12.5. The number of hydrogen-bond donors (Lipinski definition) is 0. The molecule has 0 aromatic heterocycles. The first kappa shape index (κ1) is 15.6. The van der Waals surface area contributed by atoms with Gasteiger partial charge in [0.15, 0.2) is 6.10 Å². The lowest BCUT2D eigenvalue weighted by Crippen LogP contribution is -2.20. The van der Waals surface area contributed by atoms with Crippen molar-refractivity contribution in [3.05, 3.63) is 65.7 Å². The van der Waals surface area contributed by atoms with Crippen molar-refractivity contribution in [1.29, 1.82) is 0 Å². The van der Waals surface area contributed by atoms with Crippen LogP contribution in [-0.4, -0.2) is 11.3 Å². The zero-order valence-corrected chi connectivity index (χ0v) is 13.2. The molecule has 0 aliphatic rings. The minimum absolute atomic E-state index is 0.0896. The molecule has 3 heteroatoms. The lowest BCUT2D eigenvalue weighted by atomic mass is 9.78. The first-order chi connectivity index (χ1) is 9.91. The summed E-state index contributed by atoms with van der Waals surface area (Å²) in [6, 6.07) is 18.1. The minimum atomic E-state index is -0.639. The van der Waals surface area contributed by atoms with E-state index in [0.29, 0.717) is 5.75 Å². The standard InChI is InChI=1S/C18H19ClO2/c1-13(17(19)20)21-16-11-9-15(10-12-16)18(2,3)14-7-5-4-6-8-14/h4-13H,1-3H3. The average Bonchev–Trinajstić information content (AvgIpc) is 2.48. The van der Waals surface area contributed by atoms with Gasteiger partial charge < -0.3 is 4.74 Å². The summed E-state index contributed by atoms with van der Waals surface area (Å²) in [5.74, 6) is 0.643. The molecule has 21 heavy (non-hydrogen) atoms. The molecular formula is C18H19ClO2. The lowest BCUT2D eigenvalue weighted by molar-refractivity contribution is -0.117. The van der Waals surface area contributed by atoms with E-state index in [1.165, 1.54) is 11.1 Å². The summed E-state index contributed by atoms with van der Waals surface area (Å²) < 4.78 is 5.47. The molecule has 0 aliphatic heterocycles. The van der Waals surface area contributed by atoms with E-state index in [2.05, 4.69) is 26.0 Å². The summed E-state index contributed by atoms with van der Waals surface area (Å²) >= 11 is 5.40. The van der Waals surface area contributed by atoms with E-state index in [1.807, 2.05) is 42.5 Å². The number of carbonyl (C=O) groups is 1. The highest BCUT2D eigenvalue weighted by atomic mass is 35.5. The van der Waals surface area contributed by atoms with Crippen LogP contribution < -0.4 is 4.74 Å². The molecule has 0 bridgehead atoms. The Morgan fingerprint density at radius 2 is 1.52 bits per heavy atom. The summed E-state index contributed by atoms with van der Waals surface area (Å²) in [4.78, 5) is 11.0. The van der Waals surface area contributed by atoms with Gasteiger partial charge in [0.2, 0.25) is 0 Å². The second-order valence-corrected chi connectivity index (χ2v) is 5.95. The van der Waals surface area contributed by atoms with E-state index in [9.17, 15) is 4.79 Å². The molecule has 0 spiro atoms. The summed E-state index contributed by atoms with van der Waals surface area (Å²) in [6.45, 7) is 6.00. The van der Waals surface area contributed by atoms with Crippen molar-refractivity contribution in [3.63, 3.8) is 0 Å². The molecule has 0 radical (unpaired) electrons. The third kappa shape index (κ3) is 3.64. The van der Waals surface area contributed by atoms with Crippen molar-refractivity contribution in [2.75, 3.05) is 0 Å². The maximum Gasteiger partial charge on any atom is 0.262 e. The van der Waals surface area contributed by atoms with Crippen molar-refractivity contribution < 1.29 is 9.53 Å². The Kier molecular flexibility index (Phi) is 4.69. The van der Waals surface area contributed by atoms with Crippen molar-refractivity contribution in [3.8, 4) is 5.75 Å². The molecule has 2 aromatic carbocycles. The first-order valence-electron chi connectivity index (χ1n) is 6.93. The highest BCUT2D eigenvalue weighted by Crippen LogP contribution is 2.32. The third-order valence-corrected chi connectivity index (χ3v) is 4.01. The zero-order chi connectivity index (χ0) is 15.5. The molecule has 1 atom stereocenters. The van der Waals surface area contributed by atoms with E-state index in [0.717, 1.165) is 0 Å². The molecule has 2 aromatic rings. The Morgan fingerprint density at radius 1 is 1.00 bits per heavy atom. The number of rotatable bonds is 5. The maximum atomic E-state index is 11.0. The van der Waals surface area contributed by atoms with Crippen LogP contribution in [0.1, 0.15) is 31.9 Å². The fourth-order valence-corrected chi connectivity index (χ4v) is 2.27. The number of benzene rings is 2. The monoisotopic (exact) mass is 302 g/mol. The molecule has 2 rings (SSSR count). The van der Waals surface area contributed by atoms with Gasteiger partial charge in [0.25, 0.3) is 5.24 Å². The van der Waals surface area contributed by atoms with Gasteiger partial charge >= 0.3 is 0 Å². The fourth-order valence-electron chi connectivity index (χ4n) is 2.22. The van der Waals surface area contributed by atoms with Crippen LogP contribution in [0, 0.1) is 0 Å². The number of ether oxygens (including phenoxy) is 1. The molecule has 0 aliphatic carbocycles. The highest BCUT2D eigenvalue weighted by Gasteiger charge is 2.22. The van der Waals surface area contributed by atoms with Crippen LogP contribution in [0.4, 0.5) is 0 Å². The van der Waals surface area contributed by atoms with Gasteiger partial charge in [0.05, 0.1) is 0 Å². The van der Waals surface area contributed by atoms with Gasteiger partial charge in [-0.25, -0.2) is 0 Å². The van der Waals surface area contributed by atoms with Gasteiger partial charge in [0, 0.05) is 5.41 Å². The SMILES string of the molecule is CC(Oc1ccc(C(C)(C)c2ccccc2)cc1)C(=O)Cl. The lowest BCUT2D eigenvalue weighted by Gasteiger charge is -2.26. The van der Waals surface area contributed by atoms with Gasteiger partial charge in [-0.3, -0.25) is 4.79 Å². The third-order valence-electron chi connectivity index (χ3n) is 3.70. The van der Waals surface area contributed by atoms with Crippen LogP contribution in [0.2, 0.25) is 0 Å². The average molecular weight is 303 g/mol. The molecule has 0 saturated heterocycles. The van der Waals surface area contributed by atoms with Crippen LogP contribution in [0.15, 0.2) is 54.6 Å². The van der Waals surface area contributed by atoms with Crippen LogP contribution in [0.25, 0.3) is 0 Å². The number of hydrogen-bond acceptors (Lipinski definition) is 2. The maximum absolute atomic E-state index is 11.0. The van der Waals surface area contributed by atoms with Crippen molar-refractivity contribution in [2.24, 2.45) is 0 Å². The van der Waals surface area contributed by atoms with Crippen LogP contribution in [-0.2, 0) is 10.2 Å². The molecule has 110 valence electrons. The van der Waals surface area contributed by atoms with E-state index < -0.39 is 11.3 Å². The summed E-state index contributed by atoms with van der Waals surface area (Å²) in [6.07, 6.45) is -0.639. The molecule has 0 saturated carbocycles. The normalized spacial score (nSPS) is 12.8. The van der Waals surface area contributed by atoms with Gasteiger partial charge in [-0.2, -0.15) is 0 Å². The second-order valence-electron chi connectivity index (χ2n) is 5.58. The molecule has 2 nitrogen and oxygen atoms in total. The molecule has 0 heterocycles. The largest absolute Gasteiger partial charge is 0.482 e. The summed E-state index contributed by atoms with van der Waals surface area (Å²) in [7, 11) is 0. The van der Waals surface area contributed by atoms with E-state index in [1.54, 1.807) is 6.92 Å². The fraction of sp³-hybridized carbons (Fsp3) is 0.278. The van der Waals surface area contributed by atoms with Crippen molar-refractivity contribution in [2.45, 2.75) is 32.3 Å². The summed E-state index contributed by atoms with van der Waals surface area (Å²) in [5, 5.41) is -0.497. The molecular weight excluding hydrogens is 284 g/mol. The van der Waals surface area contributed by atoms with E-state index in [4.69, 9.17) is 16.3 Å². The Balaban J connectivity index is 2.21. The van der Waals surface area contributed by atoms with E-state index in [-0.39, 0.29) is 5.41 Å². The molecule has 0 fully saturated rings. The smallest absolute Gasteiger partial charge is 0.262 e. The summed E-state index contributed by atoms with van der Waals surface area (Å²) in [5.41, 5.74) is 2.35. The van der Waals surface area contributed by atoms with Crippen LogP contribution in [0.3, 0.4) is 0 Å². The Morgan fingerprint density at radius 3 is 2.05 bits per heavy atom. The predicted octanol–water partition coefficient (Wildman–Crippen LogP) is 4.55. The minimum Gasteiger partial charge on any atom is -0.482 e. The van der Waals surface area contributed by atoms with Crippen LogP contribution in [0.5, 0.6) is 5.75 Å². The molecule has 0 amide bonds. The second kappa shape index (κ2) is 6.31. The molecule has 1 unspecified atom stereocenters. The quantitative estimate of drug-likeness (QED) is 0.758. The highest BCUT2D eigenvalue weighted by molar-refractivity contribution is 6.64. The number of halogens is 1. The molecule has 0 N–H and O–H groups in total. The Labute approximate surface area is 130 Å². The van der Waals surface area contributed by atoms with Gasteiger partial charge in [0.1, 0.15) is 5.75 Å².